The van der Waals surface area contributed by atoms with Crippen LogP contribution in [0.4, 0.5) is 0 Å². The van der Waals surface area contributed by atoms with Crippen molar-refractivity contribution in [2.75, 3.05) is 26.2 Å². The van der Waals surface area contributed by atoms with Gasteiger partial charge in [0.15, 0.2) is 0 Å². The third-order valence-electron chi connectivity index (χ3n) is 4.49. The summed E-state index contributed by atoms with van der Waals surface area (Å²) in [6, 6.07) is 0.911. The first-order valence-corrected chi connectivity index (χ1v) is 7.70. The van der Waals surface area contributed by atoms with Gasteiger partial charge < -0.3 is 10.2 Å². The second kappa shape index (κ2) is 6.75. The number of hydrogen-bond acceptors (Lipinski definition) is 2. The second-order valence-corrected chi connectivity index (χ2v) is 6.47. The maximum absolute atomic E-state index is 3.51. The van der Waals surface area contributed by atoms with Crippen LogP contribution in [-0.2, 0) is 0 Å². The van der Waals surface area contributed by atoms with E-state index in [0.717, 1.165) is 17.9 Å². The Morgan fingerprint density at radius 3 is 2.53 bits per heavy atom. The van der Waals surface area contributed by atoms with Gasteiger partial charge in [0.2, 0.25) is 0 Å². The summed E-state index contributed by atoms with van der Waals surface area (Å²) in [4.78, 5) is 2.82. The van der Waals surface area contributed by atoms with Gasteiger partial charge >= 0.3 is 0 Å². The monoisotopic (exact) mass is 238 g/mol. The van der Waals surface area contributed by atoms with Gasteiger partial charge in [-0.05, 0) is 57.2 Å². The van der Waals surface area contributed by atoms with Gasteiger partial charge in [-0.2, -0.15) is 0 Å². The molecule has 0 aromatic heterocycles. The SMILES string of the molecule is CC(C)CCN(CC1CCNC1)C1CCCC1. The molecule has 2 aliphatic rings. The van der Waals surface area contributed by atoms with Crippen molar-refractivity contribution < 1.29 is 0 Å². The molecule has 1 aliphatic carbocycles. The zero-order chi connectivity index (χ0) is 12.1. The first-order valence-electron chi connectivity index (χ1n) is 7.70. The Labute approximate surface area is 107 Å². The molecule has 1 unspecified atom stereocenters. The van der Waals surface area contributed by atoms with Crippen molar-refractivity contribution in [3.8, 4) is 0 Å². The lowest BCUT2D eigenvalue weighted by atomic mass is 10.0. The van der Waals surface area contributed by atoms with Crippen molar-refractivity contribution in [1.29, 1.82) is 0 Å². The van der Waals surface area contributed by atoms with Crippen LogP contribution in [0.15, 0.2) is 0 Å². The molecule has 2 nitrogen and oxygen atoms in total. The fourth-order valence-corrected chi connectivity index (χ4v) is 3.32. The van der Waals surface area contributed by atoms with Crippen molar-refractivity contribution in [1.82, 2.24) is 10.2 Å². The molecule has 2 heteroatoms. The molecule has 17 heavy (non-hydrogen) atoms. The Morgan fingerprint density at radius 2 is 1.94 bits per heavy atom. The van der Waals surface area contributed by atoms with E-state index in [0.29, 0.717) is 0 Å². The molecule has 0 aromatic carbocycles. The van der Waals surface area contributed by atoms with E-state index in [1.807, 2.05) is 0 Å². The van der Waals surface area contributed by atoms with E-state index in [2.05, 4.69) is 24.1 Å². The highest BCUT2D eigenvalue weighted by molar-refractivity contribution is 4.82. The number of rotatable bonds is 6. The van der Waals surface area contributed by atoms with Crippen LogP contribution in [0.1, 0.15) is 52.4 Å². The van der Waals surface area contributed by atoms with Crippen molar-refractivity contribution in [3.05, 3.63) is 0 Å². The highest BCUT2D eigenvalue weighted by Crippen LogP contribution is 2.25. The molecule has 2 fully saturated rings. The van der Waals surface area contributed by atoms with E-state index < -0.39 is 0 Å². The Balaban J connectivity index is 1.81. The molecule has 1 saturated carbocycles. The number of hydrogen-bond donors (Lipinski definition) is 1. The Hall–Kier alpha value is -0.0800. The third kappa shape index (κ3) is 4.26. The molecule has 1 aliphatic heterocycles. The normalized spacial score (nSPS) is 26.5. The zero-order valence-electron chi connectivity index (χ0n) is 11.8. The fourth-order valence-electron chi connectivity index (χ4n) is 3.32. The molecule has 2 rings (SSSR count). The Morgan fingerprint density at radius 1 is 1.18 bits per heavy atom. The van der Waals surface area contributed by atoms with Gasteiger partial charge in [0.05, 0.1) is 0 Å². The Bertz CT molecular complexity index is 203. The van der Waals surface area contributed by atoms with Crippen LogP contribution in [-0.4, -0.2) is 37.1 Å². The topological polar surface area (TPSA) is 15.3 Å². The molecule has 0 amide bonds. The molecule has 1 N–H and O–H groups in total. The predicted octanol–water partition coefficient (Wildman–Crippen LogP) is 2.89. The lowest BCUT2D eigenvalue weighted by Gasteiger charge is -2.31. The van der Waals surface area contributed by atoms with Crippen LogP contribution < -0.4 is 5.32 Å². The number of nitrogens with one attached hydrogen (secondary N) is 1. The minimum absolute atomic E-state index is 0.848. The van der Waals surface area contributed by atoms with Gasteiger partial charge in [-0.15, -0.1) is 0 Å². The van der Waals surface area contributed by atoms with Gasteiger partial charge in [-0.25, -0.2) is 0 Å². The standard InChI is InChI=1S/C15H30N2/c1-13(2)8-10-17(15-5-3-4-6-15)12-14-7-9-16-11-14/h13-16H,3-12H2,1-2H3. The summed E-state index contributed by atoms with van der Waals surface area (Å²) in [6.45, 7) is 9.88. The summed E-state index contributed by atoms with van der Waals surface area (Å²) < 4.78 is 0. The van der Waals surface area contributed by atoms with Gasteiger partial charge in [0.25, 0.3) is 0 Å². The van der Waals surface area contributed by atoms with Crippen LogP contribution >= 0.6 is 0 Å². The first kappa shape index (κ1) is 13.4. The maximum Gasteiger partial charge on any atom is 0.00953 e. The molecule has 1 heterocycles. The van der Waals surface area contributed by atoms with Crippen molar-refractivity contribution in [3.63, 3.8) is 0 Å². The smallest absolute Gasteiger partial charge is 0.00953 e. The minimum Gasteiger partial charge on any atom is -0.316 e. The van der Waals surface area contributed by atoms with Crippen molar-refractivity contribution in [2.45, 2.75) is 58.4 Å². The van der Waals surface area contributed by atoms with E-state index in [-0.39, 0.29) is 0 Å². The van der Waals surface area contributed by atoms with Crippen LogP contribution in [0.3, 0.4) is 0 Å². The molecular weight excluding hydrogens is 208 g/mol. The van der Waals surface area contributed by atoms with Crippen molar-refractivity contribution >= 4 is 0 Å². The van der Waals surface area contributed by atoms with Gasteiger partial charge in [0, 0.05) is 12.6 Å². The molecule has 1 saturated heterocycles. The zero-order valence-corrected chi connectivity index (χ0v) is 11.8. The molecule has 0 spiro atoms. The molecule has 0 radical (unpaired) electrons. The van der Waals surface area contributed by atoms with E-state index in [1.54, 1.807) is 0 Å². The van der Waals surface area contributed by atoms with Crippen LogP contribution in [0.25, 0.3) is 0 Å². The van der Waals surface area contributed by atoms with Crippen LogP contribution in [0, 0.1) is 11.8 Å². The molecular formula is C15H30N2. The summed E-state index contributed by atoms with van der Waals surface area (Å²) in [6.07, 6.45) is 8.61. The largest absolute Gasteiger partial charge is 0.316 e. The summed E-state index contributed by atoms with van der Waals surface area (Å²) >= 11 is 0. The third-order valence-corrected chi connectivity index (χ3v) is 4.49. The lowest BCUT2D eigenvalue weighted by Crippen LogP contribution is -2.39. The molecule has 1 atom stereocenters. The van der Waals surface area contributed by atoms with Crippen LogP contribution in [0.5, 0.6) is 0 Å². The quantitative estimate of drug-likeness (QED) is 0.765. The summed E-state index contributed by atoms with van der Waals surface area (Å²) in [5.41, 5.74) is 0. The van der Waals surface area contributed by atoms with Crippen molar-refractivity contribution in [2.24, 2.45) is 11.8 Å². The van der Waals surface area contributed by atoms with Crippen LogP contribution in [0.2, 0.25) is 0 Å². The minimum atomic E-state index is 0.848. The fraction of sp³-hybridized carbons (Fsp3) is 1.00. The van der Waals surface area contributed by atoms with E-state index in [4.69, 9.17) is 0 Å². The van der Waals surface area contributed by atoms with E-state index in [1.165, 1.54) is 64.7 Å². The molecule has 100 valence electrons. The second-order valence-electron chi connectivity index (χ2n) is 6.47. The first-order chi connectivity index (χ1) is 8.25. The van der Waals surface area contributed by atoms with Gasteiger partial charge in [-0.1, -0.05) is 26.7 Å². The highest BCUT2D eigenvalue weighted by atomic mass is 15.2. The summed E-state index contributed by atoms with van der Waals surface area (Å²) in [5.74, 6) is 1.77. The maximum atomic E-state index is 3.51. The average molecular weight is 238 g/mol. The van der Waals surface area contributed by atoms with E-state index >= 15 is 0 Å². The summed E-state index contributed by atoms with van der Waals surface area (Å²) in [7, 11) is 0. The number of nitrogens with zero attached hydrogens (tertiary/aromatic N) is 1. The van der Waals surface area contributed by atoms with Gasteiger partial charge in [-0.3, -0.25) is 0 Å². The molecule has 0 bridgehead atoms. The summed E-state index contributed by atoms with van der Waals surface area (Å²) in [5, 5.41) is 3.51. The Kier molecular flexibility index (Phi) is 5.30. The average Bonchev–Trinajstić information content (AvgIpc) is 2.96. The van der Waals surface area contributed by atoms with Gasteiger partial charge in [0.1, 0.15) is 0 Å². The van der Waals surface area contributed by atoms with E-state index in [9.17, 15) is 0 Å². The lowest BCUT2D eigenvalue weighted by molar-refractivity contribution is 0.164. The molecule has 0 aromatic rings. The predicted molar refractivity (Wildman–Crippen MR) is 74.3 cm³/mol. The highest BCUT2D eigenvalue weighted by Gasteiger charge is 2.26.